The Morgan fingerprint density at radius 3 is 1.57 bits per heavy atom. The highest BCUT2D eigenvalue weighted by molar-refractivity contribution is 4.69. The second-order valence-corrected chi connectivity index (χ2v) is 5.09. The van der Waals surface area contributed by atoms with Crippen LogP contribution in [0.25, 0.3) is 0 Å². The number of hydrogen-bond acceptors (Lipinski definition) is 1. The van der Waals surface area contributed by atoms with Crippen LogP contribution in [0.3, 0.4) is 0 Å². The van der Waals surface area contributed by atoms with Crippen LogP contribution in [0.5, 0.6) is 0 Å². The van der Waals surface area contributed by atoms with Crippen LogP contribution in [0.1, 0.15) is 53.4 Å². The van der Waals surface area contributed by atoms with E-state index in [1.165, 1.54) is 25.7 Å². The van der Waals surface area contributed by atoms with Gasteiger partial charge in [0.05, 0.1) is 0 Å². The first-order valence-electron chi connectivity index (χ1n) is 6.08. The molecule has 0 spiro atoms. The molecule has 0 saturated heterocycles. The smallest absolute Gasteiger partial charge is 0.00672 e. The van der Waals surface area contributed by atoms with Crippen LogP contribution in [0, 0.1) is 18.8 Å². The van der Waals surface area contributed by atoms with Gasteiger partial charge in [0.1, 0.15) is 0 Å². The van der Waals surface area contributed by atoms with Gasteiger partial charge in [0, 0.05) is 6.04 Å². The summed E-state index contributed by atoms with van der Waals surface area (Å²) >= 11 is 0. The summed E-state index contributed by atoms with van der Waals surface area (Å²) in [7, 11) is 0. The number of rotatable bonds is 8. The highest BCUT2D eigenvalue weighted by Crippen LogP contribution is 2.13. The Hall–Kier alpha value is -0.0400. The molecule has 85 valence electrons. The van der Waals surface area contributed by atoms with Gasteiger partial charge in [-0.05, 0) is 51.0 Å². The molecule has 14 heavy (non-hydrogen) atoms. The van der Waals surface area contributed by atoms with Crippen molar-refractivity contribution >= 4 is 0 Å². The van der Waals surface area contributed by atoms with Gasteiger partial charge in [0.15, 0.2) is 0 Å². The van der Waals surface area contributed by atoms with E-state index in [1.807, 2.05) is 0 Å². The van der Waals surface area contributed by atoms with E-state index in [0.29, 0.717) is 6.04 Å². The standard InChI is InChI=1S/C13H28N/c1-6-14-13(9-7-11(2)3)10-8-12(4)5/h11-14H,1,6-10H2,2-5H3. The average Bonchev–Trinajstić information content (AvgIpc) is 2.09. The molecule has 0 aliphatic carbocycles. The zero-order valence-corrected chi connectivity index (χ0v) is 10.5. The zero-order valence-electron chi connectivity index (χ0n) is 10.5. The summed E-state index contributed by atoms with van der Waals surface area (Å²) in [6.07, 6.45) is 5.27. The second-order valence-electron chi connectivity index (χ2n) is 5.09. The summed E-state index contributed by atoms with van der Waals surface area (Å²) in [5.41, 5.74) is 0. The zero-order chi connectivity index (χ0) is 11.0. The van der Waals surface area contributed by atoms with Crippen LogP contribution in [-0.4, -0.2) is 12.6 Å². The molecule has 0 bridgehead atoms. The molecule has 0 aromatic rings. The predicted octanol–water partition coefficient (Wildman–Crippen LogP) is 3.65. The van der Waals surface area contributed by atoms with Crippen molar-refractivity contribution in [1.29, 1.82) is 0 Å². The number of nitrogens with one attached hydrogen (secondary N) is 1. The molecule has 0 unspecified atom stereocenters. The van der Waals surface area contributed by atoms with Gasteiger partial charge in [0.2, 0.25) is 0 Å². The Labute approximate surface area is 90.7 Å². The predicted molar refractivity (Wildman–Crippen MR) is 65.3 cm³/mol. The fourth-order valence-corrected chi connectivity index (χ4v) is 1.62. The molecule has 1 radical (unpaired) electrons. The molecule has 0 heterocycles. The minimum Gasteiger partial charge on any atom is -0.314 e. The fourth-order valence-electron chi connectivity index (χ4n) is 1.62. The summed E-state index contributed by atoms with van der Waals surface area (Å²) < 4.78 is 0. The molecule has 0 aromatic carbocycles. The lowest BCUT2D eigenvalue weighted by atomic mass is 9.97. The molecule has 0 saturated carbocycles. The van der Waals surface area contributed by atoms with E-state index < -0.39 is 0 Å². The Bertz CT molecular complexity index is 106. The summed E-state index contributed by atoms with van der Waals surface area (Å²) in [5.74, 6) is 1.64. The van der Waals surface area contributed by atoms with E-state index in [1.54, 1.807) is 0 Å². The van der Waals surface area contributed by atoms with Gasteiger partial charge in [0.25, 0.3) is 0 Å². The molecular formula is C13H28N. The van der Waals surface area contributed by atoms with Crippen molar-refractivity contribution in [3.05, 3.63) is 6.92 Å². The first-order chi connectivity index (χ1) is 6.56. The lowest BCUT2D eigenvalue weighted by molar-refractivity contribution is 0.391. The molecular weight excluding hydrogens is 170 g/mol. The fraction of sp³-hybridized carbons (Fsp3) is 0.923. The van der Waals surface area contributed by atoms with Crippen molar-refractivity contribution in [1.82, 2.24) is 5.32 Å². The lowest BCUT2D eigenvalue weighted by Gasteiger charge is -2.19. The second kappa shape index (κ2) is 8.28. The summed E-state index contributed by atoms with van der Waals surface area (Å²) in [6.45, 7) is 13.9. The molecule has 0 aliphatic heterocycles. The highest BCUT2D eigenvalue weighted by Gasteiger charge is 2.08. The van der Waals surface area contributed by atoms with Crippen molar-refractivity contribution in [2.75, 3.05) is 6.54 Å². The maximum Gasteiger partial charge on any atom is 0.00672 e. The Balaban J connectivity index is 3.65. The van der Waals surface area contributed by atoms with Gasteiger partial charge in [-0.25, -0.2) is 0 Å². The first-order valence-corrected chi connectivity index (χ1v) is 6.08. The summed E-state index contributed by atoms with van der Waals surface area (Å²) in [4.78, 5) is 0. The van der Waals surface area contributed by atoms with Crippen molar-refractivity contribution in [3.8, 4) is 0 Å². The maximum absolute atomic E-state index is 3.87. The van der Waals surface area contributed by atoms with Crippen molar-refractivity contribution in [3.63, 3.8) is 0 Å². The topological polar surface area (TPSA) is 12.0 Å². The van der Waals surface area contributed by atoms with E-state index in [9.17, 15) is 0 Å². The van der Waals surface area contributed by atoms with Crippen LogP contribution < -0.4 is 5.32 Å². The van der Waals surface area contributed by atoms with E-state index in [2.05, 4.69) is 39.9 Å². The van der Waals surface area contributed by atoms with Gasteiger partial charge in [-0.3, -0.25) is 0 Å². The average molecular weight is 198 g/mol. The molecule has 1 heteroatoms. The molecule has 0 aromatic heterocycles. The van der Waals surface area contributed by atoms with E-state index in [0.717, 1.165) is 18.4 Å². The molecule has 0 fully saturated rings. The van der Waals surface area contributed by atoms with Gasteiger partial charge < -0.3 is 5.32 Å². The molecule has 0 atom stereocenters. The van der Waals surface area contributed by atoms with E-state index in [4.69, 9.17) is 0 Å². The minimum absolute atomic E-state index is 0.692. The van der Waals surface area contributed by atoms with Gasteiger partial charge in [-0.15, -0.1) is 0 Å². The molecule has 1 nitrogen and oxygen atoms in total. The summed E-state index contributed by atoms with van der Waals surface area (Å²) in [5, 5.41) is 3.48. The first kappa shape index (κ1) is 14.0. The van der Waals surface area contributed by atoms with Crippen LogP contribution in [0.15, 0.2) is 0 Å². The molecule has 0 rings (SSSR count). The quantitative estimate of drug-likeness (QED) is 0.628. The van der Waals surface area contributed by atoms with Gasteiger partial charge in [-0.2, -0.15) is 0 Å². The molecule has 1 N–H and O–H groups in total. The third-order valence-electron chi connectivity index (χ3n) is 2.62. The SMILES string of the molecule is [CH2]CNC(CCC(C)C)CCC(C)C. The lowest BCUT2D eigenvalue weighted by Crippen LogP contribution is -2.29. The van der Waals surface area contributed by atoms with Crippen molar-refractivity contribution in [2.45, 2.75) is 59.4 Å². The monoisotopic (exact) mass is 198 g/mol. The van der Waals surface area contributed by atoms with Crippen LogP contribution in [0.2, 0.25) is 0 Å². The van der Waals surface area contributed by atoms with Crippen LogP contribution in [-0.2, 0) is 0 Å². The highest BCUT2D eigenvalue weighted by atomic mass is 14.9. The Morgan fingerprint density at radius 1 is 0.857 bits per heavy atom. The Morgan fingerprint density at radius 2 is 1.29 bits per heavy atom. The maximum atomic E-state index is 3.87. The largest absolute Gasteiger partial charge is 0.314 e. The van der Waals surface area contributed by atoms with Gasteiger partial charge in [-0.1, -0.05) is 27.7 Å². The third-order valence-corrected chi connectivity index (χ3v) is 2.62. The van der Waals surface area contributed by atoms with Crippen LogP contribution in [0.4, 0.5) is 0 Å². The number of hydrogen-bond donors (Lipinski definition) is 1. The summed E-state index contributed by atoms with van der Waals surface area (Å²) in [6, 6.07) is 0.692. The van der Waals surface area contributed by atoms with Gasteiger partial charge >= 0.3 is 0 Å². The van der Waals surface area contributed by atoms with Crippen molar-refractivity contribution < 1.29 is 0 Å². The third kappa shape index (κ3) is 8.55. The molecule has 0 aliphatic rings. The molecule has 0 amide bonds. The minimum atomic E-state index is 0.692. The normalized spacial score (nSPS) is 12.0. The Kier molecular flexibility index (Phi) is 8.26. The van der Waals surface area contributed by atoms with E-state index in [-0.39, 0.29) is 0 Å². The van der Waals surface area contributed by atoms with E-state index >= 15 is 0 Å². The van der Waals surface area contributed by atoms with Crippen LogP contribution >= 0.6 is 0 Å². The van der Waals surface area contributed by atoms with Crippen molar-refractivity contribution in [2.24, 2.45) is 11.8 Å².